The molecule has 21 heavy (non-hydrogen) atoms. The van der Waals surface area contributed by atoms with Crippen LogP contribution in [0.5, 0.6) is 17.2 Å². The molecule has 112 valence electrons. The molecule has 4 nitrogen and oxygen atoms in total. The summed E-state index contributed by atoms with van der Waals surface area (Å²) in [5.41, 5.74) is 7.99. The van der Waals surface area contributed by atoms with Crippen LogP contribution >= 0.6 is 11.6 Å². The molecule has 1 atom stereocenters. The first-order valence-corrected chi connectivity index (χ1v) is 6.80. The number of halogens is 1. The van der Waals surface area contributed by atoms with Crippen molar-refractivity contribution in [2.45, 2.75) is 6.04 Å². The standard InChI is InChI=1S/C16H18ClNO3/c1-19-13-8-10(9-14(20-2)16(13)21-3)15(18)11-6-4-5-7-12(11)17/h4-9,15H,18H2,1-3H3. The molecule has 0 spiro atoms. The van der Waals surface area contributed by atoms with Gasteiger partial charge >= 0.3 is 0 Å². The highest BCUT2D eigenvalue weighted by Gasteiger charge is 2.18. The predicted octanol–water partition coefficient (Wildman–Crippen LogP) is 3.41. The molecule has 2 N–H and O–H groups in total. The lowest BCUT2D eigenvalue weighted by Gasteiger charge is -2.18. The minimum Gasteiger partial charge on any atom is -0.493 e. The van der Waals surface area contributed by atoms with Gasteiger partial charge in [-0.1, -0.05) is 29.8 Å². The summed E-state index contributed by atoms with van der Waals surface area (Å²) in [5, 5.41) is 0.624. The highest BCUT2D eigenvalue weighted by Crippen LogP contribution is 2.40. The van der Waals surface area contributed by atoms with E-state index in [9.17, 15) is 0 Å². The summed E-state index contributed by atoms with van der Waals surface area (Å²) in [5.74, 6) is 1.67. The topological polar surface area (TPSA) is 53.7 Å². The molecule has 0 radical (unpaired) electrons. The van der Waals surface area contributed by atoms with Gasteiger partial charge in [-0.05, 0) is 29.3 Å². The fourth-order valence-corrected chi connectivity index (χ4v) is 2.44. The summed E-state index contributed by atoms with van der Waals surface area (Å²) in [6, 6.07) is 10.8. The Kier molecular flexibility index (Phi) is 4.94. The van der Waals surface area contributed by atoms with Gasteiger partial charge in [-0.25, -0.2) is 0 Å². The minimum atomic E-state index is -0.382. The fraction of sp³-hybridized carbons (Fsp3) is 0.250. The van der Waals surface area contributed by atoms with E-state index in [0.717, 1.165) is 11.1 Å². The number of ether oxygens (including phenoxy) is 3. The number of hydrogen-bond donors (Lipinski definition) is 1. The van der Waals surface area contributed by atoms with E-state index in [1.807, 2.05) is 36.4 Å². The van der Waals surface area contributed by atoms with Crippen LogP contribution in [0.2, 0.25) is 5.02 Å². The maximum Gasteiger partial charge on any atom is 0.203 e. The van der Waals surface area contributed by atoms with Crippen molar-refractivity contribution >= 4 is 11.6 Å². The van der Waals surface area contributed by atoms with Crippen molar-refractivity contribution in [1.29, 1.82) is 0 Å². The summed E-state index contributed by atoms with van der Waals surface area (Å²) in [7, 11) is 4.71. The monoisotopic (exact) mass is 307 g/mol. The molecular formula is C16H18ClNO3. The molecule has 0 aliphatic carbocycles. The lowest BCUT2D eigenvalue weighted by atomic mass is 9.98. The van der Waals surface area contributed by atoms with Crippen LogP contribution < -0.4 is 19.9 Å². The summed E-state index contributed by atoms with van der Waals surface area (Å²) in [6.07, 6.45) is 0. The van der Waals surface area contributed by atoms with Crippen molar-refractivity contribution in [3.05, 3.63) is 52.5 Å². The molecule has 5 heteroatoms. The highest BCUT2D eigenvalue weighted by atomic mass is 35.5. The van der Waals surface area contributed by atoms with E-state index in [1.165, 1.54) is 0 Å². The van der Waals surface area contributed by atoms with Gasteiger partial charge in [0.05, 0.1) is 27.4 Å². The quantitative estimate of drug-likeness (QED) is 0.919. The maximum absolute atomic E-state index is 6.32. The summed E-state index contributed by atoms with van der Waals surface area (Å²) >= 11 is 6.21. The third-order valence-corrected chi connectivity index (χ3v) is 3.63. The molecule has 0 amide bonds. The molecule has 2 rings (SSSR count). The Morgan fingerprint density at radius 1 is 0.952 bits per heavy atom. The average molecular weight is 308 g/mol. The molecule has 1 unspecified atom stereocenters. The van der Waals surface area contributed by atoms with Gasteiger partial charge in [0.2, 0.25) is 5.75 Å². The molecular weight excluding hydrogens is 290 g/mol. The zero-order chi connectivity index (χ0) is 15.4. The Morgan fingerprint density at radius 3 is 2.00 bits per heavy atom. The van der Waals surface area contributed by atoms with Crippen LogP contribution in [-0.2, 0) is 0 Å². The SMILES string of the molecule is COc1cc(C(N)c2ccccc2Cl)cc(OC)c1OC. The van der Waals surface area contributed by atoms with E-state index in [1.54, 1.807) is 21.3 Å². The zero-order valence-corrected chi connectivity index (χ0v) is 13.0. The Morgan fingerprint density at radius 2 is 1.52 bits per heavy atom. The molecule has 0 aliphatic heterocycles. The van der Waals surface area contributed by atoms with Crippen LogP contribution in [0.3, 0.4) is 0 Å². The van der Waals surface area contributed by atoms with Crippen LogP contribution in [-0.4, -0.2) is 21.3 Å². The first-order chi connectivity index (χ1) is 10.1. The van der Waals surface area contributed by atoms with Crippen LogP contribution in [0.15, 0.2) is 36.4 Å². The van der Waals surface area contributed by atoms with Crippen molar-refractivity contribution in [2.24, 2.45) is 5.73 Å². The lowest BCUT2D eigenvalue weighted by Crippen LogP contribution is -2.13. The van der Waals surface area contributed by atoms with Crippen molar-refractivity contribution in [3.8, 4) is 17.2 Å². The smallest absolute Gasteiger partial charge is 0.203 e. The zero-order valence-electron chi connectivity index (χ0n) is 12.2. The Bertz CT molecular complexity index is 606. The van der Waals surface area contributed by atoms with Gasteiger partial charge in [0.1, 0.15) is 0 Å². The fourth-order valence-electron chi connectivity index (χ4n) is 2.19. The van der Waals surface area contributed by atoms with E-state index < -0.39 is 0 Å². The van der Waals surface area contributed by atoms with Crippen molar-refractivity contribution < 1.29 is 14.2 Å². The van der Waals surface area contributed by atoms with Gasteiger partial charge < -0.3 is 19.9 Å². The summed E-state index contributed by atoms with van der Waals surface area (Å²) < 4.78 is 16.0. The minimum absolute atomic E-state index is 0.382. The molecule has 2 aromatic rings. The van der Waals surface area contributed by atoms with Crippen molar-refractivity contribution in [3.63, 3.8) is 0 Å². The van der Waals surface area contributed by atoms with Gasteiger partial charge in [-0.15, -0.1) is 0 Å². The first-order valence-electron chi connectivity index (χ1n) is 6.42. The van der Waals surface area contributed by atoms with Crippen LogP contribution in [0, 0.1) is 0 Å². The first kappa shape index (κ1) is 15.5. The largest absolute Gasteiger partial charge is 0.493 e. The molecule has 0 saturated carbocycles. The maximum atomic E-state index is 6.32. The second-order valence-corrected chi connectivity index (χ2v) is 4.87. The highest BCUT2D eigenvalue weighted by molar-refractivity contribution is 6.31. The second kappa shape index (κ2) is 6.70. The number of nitrogens with two attached hydrogens (primary N) is 1. The number of benzene rings is 2. The normalized spacial score (nSPS) is 11.9. The summed E-state index contributed by atoms with van der Waals surface area (Å²) in [4.78, 5) is 0. The molecule has 2 aromatic carbocycles. The average Bonchev–Trinajstić information content (AvgIpc) is 2.53. The lowest BCUT2D eigenvalue weighted by molar-refractivity contribution is 0.323. The Labute approximate surface area is 129 Å². The Balaban J connectivity index is 2.51. The number of methoxy groups -OCH3 is 3. The molecule has 0 heterocycles. The molecule has 0 fully saturated rings. The van der Waals surface area contributed by atoms with Crippen molar-refractivity contribution in [1.82, 2.24) is 0 Å². The van der Waals surface area contributed by atoms with Crippen molar-refractivity contribution in [2.75, 3.05) is 21.3 Å². The predicted molar refractivity (Wildman–Crippen MR) is 83.6 cm³/mol. The second-order valence-electron chi connectivity index (χ2n) is 4.46. The third kappa shape index (κ3) is 3.06. The Hall–Kier alpha value is -1.91. The van der Waals surface area contributed by atoms with E-state index in [0.29, 0.717) is 22.3 Å². The van der Waals surface area contributed by atoms with Gasteiger partial charge in [-0.3, -0.25) is 0 Å². The number of rotatable bonds is 5. The van der Waals surface area contributed by atoms with Gasteiger partial charge in [0.15, 0.2) is 11.5 Å². The molecule has 0 aliphatic rings. The van der Waals surface area contributed by atoms with E-state index in [2.05, 4.69) is 0 Å². The van der Waals surface area contributed by atoms with Crippen LogP contribution in [0.1, 0.15) is 17.2 Å². The summed E-state index contributed by atoms with van der Waals surface area (Å²) in [6.45, 7) is 0. The van der Waals surface area contributed by atoms with Gasteiger partial charge in [0.25, 0.3) is 0 Å². The molecule has 0 aromatic heterocycles. The van der Waals surface area contributed by atoms with Crippen LogP contribution in [0.4, 0.5) is 0 Å². The van der Waals surface area contributed by atoms with E-state index in [-0.39, 0.29) is 6.04 Å². The molecule has 0 saturated heterocycles. The third-order valence-electron chi connectivity index (χ3n) is 3.29. The van der Waals surface area contributed by atoms with Gasteiger partial charge in [0, 0.05) is 5.02 Å². The van der Waals surface area contributed by atoms with E-state index in [4.69, 9.17) is 31.5 Å². The van der Waals surface area contributed by atoms with Crippen LogP contribution in [0.25, 0.3) is 0 Å². The number of hydrogen-bond acceptors (Lipinski definition) is 4. The molecule has 0 bridgehead atoms. The van der Waals surface area contributed by atoms with E-state index >= 15 is 0 Å². The van der Waals surface area contributed by atoms with Gasteiger partial charge in [-0.2, -0.15) is 0 Å².